The van der Waals surface area contributed by atoms with E-state index in [1.807, 2.05) is 11.8 Å². The van der Waals surface area contributed by atoms with E-state index in [0.717, 1.165) is 6.54 Å². The number of hydrogen-bond acceptors (Lipinski definition) is 2. The van der Waals surface area contributed by atoms with E-state index in [0.29, 0.717) is 11.5 Å². The Balaban J connectivity index is 1.89. The van der Waals surface area contributed by atoms with Crippen molar-refractivity contribution in [3.63, 3.8) is 0 Å². The quantitative estimate of drug-likeness (QED) is 0.854. The van der Waals surface area contributed by atoms with Gasteiger partial charge in [0.2, 0.25) is 0 Å². The lowest BCUT2D eigenvalue weighted by Crippen LogP contribution is -2.25. The lowest BCUT2D eigenvalue weighted by atomic mass is 9.92. The van der Waals surface area contributed by atoms with Crippen molar-refractivity contribution in [2.24, 2.45) is 5.41 Å². The van der Waals surface area contributed by atoms with Crippen LogP contribution in [-0.4, -0.2) is 12.3 Å². The molecule has 1 aliphatic rings. The average Bonchev–Trinajstić information content (AvgIpc) is 2.60. The molecule has 0 aromatic heterocycles. The summed E-state index contributed by atoms with van der Waals surface area (Å²) in [6, 6.07) is 9.31. The molecular formula is C14H21NS. The molecule has 88 valence electrons. The van der Waals surface area contributed by atoms with Crippen LogP contribution in [0.2, 0.25) is 0 Å². The molecule has 1 aromatic rings. The SMILES string of the molecule is CC(C)(C)CCNC1CSc2ccccc21. The second kappa shape index (κ2) is 4.80. The predicted molar refractivity (Wildman–Crippen MR) is 72.0 cm³/mol. The van der Waals surface area contributed by atoms with E-state index in [4.69, 9.17) is 0 Å². The van der Waals surface area contributed by atoms with Crippen molar-refractivity contribution in [2.45, 2.75) is 38.1 Å². The summed E-state index contributed by atoms with van der Waals surface area (Å²) in [6.45, 7) is 8.01. The summed E-state index contributed by atoms with van der Waals surface area (Å²) in [4.78, 5) is 1.45. The minimum Gasteiger partial charge on any atom is -0.309 e. The fraction of sp³-hybridized carbons (Fsp3) is 0.571. The first kappa shape index (κ1) is 12.0. The molecule has 0 amide bonds. The highest BCUT2D eigenvalue weighted by Crippen LogP contribution is 2.37. The smallest absolute Gasteiger partial charge is 0.0426 e. The lowest BCUT2D eigenvalue weighted by molar-refractivity contribution is 0.359. The highest BCUT2D eigenvalue weighted by atomic mass is 32.2. The van der Waals surface area contributed by atoms with Gasteiger partial charge in [0.1, 0.15) is 0 Å². The largest absolute Gasteiger partial charge is 0.309 e. The summed E-state index contributed by atoms with van der Waals surface area (Å²) in [5.41, 5.74) is 1.92. The van der Waals surface area contributed by atoms with Crippen LogP contribution in [0, 0.1) is 5.41 Å². The fourth-order valence-corrected chi connectivity index (χ4v) is 3.15. The summed E-state index contributed by atoms with van der Waals surface area (Å²) in [7, 11) is 0. The van der Waals surface area contributed by atoms with Crippen molar-refractivity contribution in [3.05, 3.63) is 29.8 Å². The van der Waals surface area contributed by atoms with E-state index in [9.17, 15) is 0 Å². The van der Waals surface area contributed by atoms with Crippen molar-refractivity contribution < 1.29 is 0 Å². The average molecular weight is 235 g/mol. The predicted octanol–water partition coefficient (Wildman–Crippen LogP) is 3.86. The Bertz CT molecular complexity index is 354. The van der Waals surface area contributed by atoms with Gasteiger partial charge in [-0.05, 0) is 30.0 Å². The summed E-state index contributed by atoms with van der Waals surface area (Å²) in [5.74, 6) is 1.18. The van der Waals surface area contributed by atoms with Gasteiger partial charge in [0.15, 0.2) is 0 Å². The van der Waals surface area contributed by atoms with Crippen LogP contribution in [0.25, 0.3) is 0 Å². The van der Waals surface area contributed by atoms with Crippen molar-refractivity contribution in [1.29, 1.82) is 0 Å². The third-order valence-corrected chi connectivity index (χ3v) is 4.15. The number of rotatable bonds is 3. The first-order valence-electron chi connectivity index (χ1n) is 6.01. The van der Waals surface area contributed by atoms with E-state index >= 15 is 0 Å². The zero-order chi connectivity index (χ0) is 11.6. The highest BCUT2D eigenvalue weighted by molar-refractivity contribution is 7.99. The van der Waals surface area contributed by atoms with Crippen LogP contribution in [0.5, 0.6) is 0 Å². The molecule has 1 unspecified atom stereocenters. The van der Waals surface area contributed by atoms with Crippen molar-refractivity contribution >= 4 is 11.8 Å². The number of fused-ring (bicyclic) bond motifs is 1. The molecule has 1 aromatic carbocycles. The van der Waals surface area contributed by atoms with Gasteiger partial charge in [-0.15, -0.1) is 11.8 Å². The molecule has 2 rings (SSSR count). The molecule has 1 aliphatic heterocycles. The van der Waals surface area contributed by atoms with Gasteiger partial charge in [-0.3, -0.25) is 0 Å². The summed E-state index contributed by atoms with van der Waals surface area (Å²) in [5, 5.41) is 3.67. The second-order valence-electron chi connectivity index (χ2n) is 5.67. The van der Waals surface area contributed by atoms with Crippen LogP contribution in [0.15, 0.2) is 29.2 Å². The maximum atomic E-state index is 3.67. The summed E-state index contributed by atoms with van der Waals surface area (Å²) >= 11 is 1.97. The van der Waals surface area contributed by atoms with Crippen molar-refractivity contribution in [3.8, 4) is 0 Å². The summed E-state index contributed by atoms with van der Waals surface area (Å²) < 4.78 is 0. The van der Waals surface area contributed by atoms with E-state index in [1.54, 1.807) is 0 Å². The first-order valence-corrected chi connectivity index (χ1v) is 7.00. The van der Waals surface area contributed by atoms with Crippen LogP contribution in [-0.2, 0) is 0 Å². The molecule has 1 heterocycles. The van der Waals surface area contributed by atoms with Gasteiger partial charge in [0, 0.05) is 16.7 Å². The van der Waals surface area contributed by atoms with Crippen LogP contribution < -0.4 is 5.32 Å². The Hall–Kier alpha value is -0.470. The van der Waals surface area contributed by atoms with Gasteiger partial charge < -0.3 is 5.32 Å². The molecule has 0 radical (unpaired) electrons. The Labute approximate surface area is 103 Å². The van der Waals surface area contributed by atoms with Gasteiger partial charge in [-0.1, -0.05) is 39.0 Å². The van der Waals surface area contributed by atoms with E-state index in [-0.39, 0.29) is 0 Å². The van der Waals surface area contributed by atoms with E-state index in [2.05, 4.69) is 50.4 Å². The highest BCUT2D eigenvalue weighted by Gasteiger charge is 2.22. The zero-order valence-electron chi connectivity index (χ0n) is 10.4. The molecule has 0 bridgehead atoms. The number of hydrogen-bond donors (Lipinski definition) is 1. The fourth-order valence-electron chi connectivity index (χ4n) is 1.95. The number of thioether (sulfide) groups is 1. The number of benzene rings is 1. The zero-order valence-corrected chi connectivity index (χ0v) is 11.2. The monoisotopic (exact) mass is 235 g/mol. The van der Waals surface area contributed by atoms with Crippen molar-refractivity contribution in [2.75, 3.05) is 12.3 Å². The molecule has 0 aliphatic carbocycles. The Kier molecular flexibility index (Phi) is 3.60. The molecule has 2 heteroatoms. The molecule has 0 saturated heterocycles. The Morgan fingerprint density at radius 3 is 2.81 bits per heavy atom. The maximum Gasteiger partial charge on any atom is 0.0426 e. The molecule has 0 fully saturated rings. The molecule has 1 N–H and O–H groups in total. The second-order valence-corrected chi connectivity index (χ2v) is 6.73. The van der Waals surface area contributed by atoms with Gasteiger partial charge >= 0.3 is 0 Å². The maximum absolute atomic E-state index is 3.67. The normalized spacial score (nSPS) is 19.8. The minimum atomic E-state index is 0.429. The Morgan fingerprint density at radius 1 is 1.31 bits per heavy atom. The van der Waals surface area contributed by atoms with Crippen LogP contribution in [0.3, 0.4) is 0 Å². The molecule has 0 spiro atoms. The van der Waals surface area contributed by atoms with Crippen LogP contribution >= 0.6 is 11.8 Å². The topological polar surface area (TPSA) is 12.0 Å². The Morgan fingerprint density at radius 2 is 2.06 bits per heavy atom. The molecule has 1 atom stereocenters. The van der Waals surface area contributed by atoms with E-state index in [1.165, 1.54) is 22.6 Å². The minimum absolute atomic E-state index is 0.429. The molecular weight excluding hydrogens is 214 g/mol. The van der Waals surface area contributed by atoms with Crippen molar-refractivity contribution in [1.82, 2.24) is 5.32 Å². The van der Waals surface area contributed by atoms with Gasteiger partial charge in [-0.2, -0.15) is 0 Å². The van der Waals surface area contributed by atoms with E-state index < -0.39 is 0 Å². The molecule has 0 saturated carbocycles. The van der Waals surface area contributed by atoms with Gasteiger partial charge in [-0.25, -0.2) is 0 Å². The third-order valence-electron chi connectivity index (χ3n) is 2.97. The van der Waals surface area contributed by atoms with Gasteiger partial charge in [0.05, 0.1) is 0 Å². The molecule has 16 heavy (non-hydrogen) atoms. The lowest BCUT2D eigenvalue weighted by Gasteiger charge is -2.20. The van der Waals surface area contributed by atoms with Gasteiger partial charge in [0.25, 0.3) is 0 Å². The first-order chi connectivity index (χ1) is 7.56. The van der Waals surface area contributed by atoms with Crippen LogP contribution in [0.1, 0.15) is 38.8 Å². The van der Waals surface area contributed by atoms with Crippen LogP contribution in [0.4, 0.5) is 0 Å². The standard InChI is InChI=1S/C14H21NS/c1-14(2,3)8-9-15-12-10-16-13-7-5-4-6-11(12)13/h4-7,12,15H,8-10H2,1-3H3. The third kappa shape index (κ3) is 3.02. The molecule has 1 nitrogen and oxygen atoms in total. The summed E-state index contributed by atoms with van der Waals surface area (Å²) in [6.07, 6.45) is 1.23. The number of nitrogens with one attached hydrogen (secondary N) is 1.